The number of hydrogen-bond donors (Lipinski definition) is 0. The molecule has 2 heterocycles. The monoisotopic (exact) mass is 461 g/mol. The Morgan fingerprint density at radius 3 is 2.53 bits per heavy atom. The highest BCUT2D eigenvalue weighted by Crippen LogP contribution is 2.35. The van der Waals surface area contributed by atoms with Gasteiger partial charge in [-0.1, -0.05) is 48.3 Å². The highest BCUT2D eigenvalue weighted by atomic mass is 32.2. The third kappa shape index (κ3) is 4.69. The molecule has 1 aliphatic heterocycles. The Kier molecular flexibility index (Phi) is 6.58. The van der Waals surface area contributed by atoms with Crippen LogP contribution in [0.25, 0.3) is 23.0 Å². The van der Waals surface area contributed by atoms with Crippen LogP contribution in [-0.2, 0) is 4.79 Å². The van der Waals surface area contributed by atoms with Crippen LogP contribution >= 0.6 is 24.0 Å². The first kappa shape index (κ1) is 22.0. The number of amides is 1. The van der Waals surface area contributed by atoms with E-state index in [0.29, 0.717) is 15.8 Å². The molecule has 7 heteroatoms. The molecule has 1 aliphatic rings. The summed E-state index contributed by atoms with van der Waals surface area (Å²) in [4.78, 5) is 15.0. The van der Waals surface area contributed by atoms with Crippen molar-refractivity contribution in [3.05, 3.63) is 83.9 Å². The molecule has 0 bridgehead atoms. The zero-order valence-electron chi connectivity index (χ0n) is 17.9. The van der Waals surface area contributed by atoms with Crippen LogP contribution < -0.4 is 4.74 Å². The first-order valence-corrected chi connectivity index (χ1v) is 11.5. The number of para-hydroxylation sites is 1. The lowest BCUT2D eigenvalue weighted by atomic mass is 10.1. The van der Waals surface area contributed by atoms with Crippen LogP contribution in [0.15, 0.2) is 78.4 Å². The highest BCUT2D eigenvalue weighted by Gasteiger charge is 2.31. The minimum atomic E-state index is -0.112. The molecule has 1 fully saturated rings. The van der Waals surface area contributed by atoms with Crippen LogP contribution in [0.1, 0.15) is 19.4 Å². The van der Waals surface area contributed by atoms with Crippen LogP contribution in [0.2, 0.25) is 0 Å². The second kappa shape index (κ2) is 9.54. The van der Waals surface area contributed by atoms with Gasteiger partial charge in [0.2, 0.25) is 0 Å². The van der Waals surface area contributed by atoms with Crippen molar-refractivity contribution in [1.82, 2.24) is 14.7 Å². The molecule has 32 heavy (non-hydrogen) atoms. The molecule has 3 aromatic rings. The van der Waals surface area contributed by atoms with Crippen LogP contribution in [0.4, 0.5) is 0 Å². The molecule has 0 atom stereocenters. The number of thiocarbonyl (C=S) groups is 1. The topological polar surface area (TPSA) is 47.4 Å². The first-order valence-electron chi connectivity index (χ1n) is 10.2. The van der Waals surface area contributed by atoms with Gasteiger partial charge in [0.1, 0.15) is 10.1 Å². The molecular formula is C25H23N3O2S2. The number of hydrogen-bond acceptors (Lipinski definition) is 5. The lowest BCUT2D eigenvalue weighted by Crippen LogP contribution is -2.27. The van der Waals surface area contributed by atoms with Crippen molar-refractivity contribution in [2.75, 3.05) is 6.54 Å². The van der Waals surface area contributed by atoms with Gasteiger partial charge in [-0.2, -0.15) is 5.10 Å². The molecule has 0 unspecified atom stereocenters. The summed E-state index contributed by atoms with van der Waals surface area (Å²) < 4.78 is 8.12. The Hall–Kier alpha value is -3.16. The predicted octanol–water partition coefficient (Wildman–Crippen LogP) is 5.71. The van der Waals surface area contributed by atoms with Crippen LogP contribution in [-0.4, -0.2) is 37.6 Å². The maximum absolute atomic E-state index is 12.8. The van der Waals surface area contributed by atoms with E-state index >= 15 is 0 Å². The van der Waals surface area contributed by atoms with E-state index in [1.54, 1.807) is 11.0 Å². The zero-order valence-corrected chi connectivity index (χ0v) is 19.5. The Morgan fingerprint density at radius 2 is 1.88 bits per heavy atom. The number of benzene rings is 2. The fraction of sp³-hybridized carbons (Fsp3) is 0.160. The van der Waals surface area contributed by atoms with Gasteiger partial charge < -0.3 is 4.74 Å². The van der Waals surface area contributed by atoms with Gasteiger partial charge in [0.15, 0.2) is 0 Å². The van der Waals surface area contributed by atoms with E-state index in [2.05, 4.69) is 6.58 Å². The van der Waals surface area contributed by atoms with E-state index in [1.165, 1.54) is 11.8 Å². The van der Waals surface area contributed by atoms with Crippen LogP contribution in [0, 0.1) is 0 Å². The van der Waals surface area contributed by atoms with E-state index in [-0.39, 0.29) is 12.0 Å². The number of thioether (sulfide) groups is 1. The number of nitrogens with zero attached hydrogens (tertiary/aromatic N) is 3. The van der Waals surface area contributed by atoms with E-state index in [9.17, 15) is 4.79 Å². The number of rotatable bonds is 7. The van der Waals surface area contributed by atoms with Crippen molar-refractivity contribution < 1.29 is 9.53 Å². The SMILES string of the molecule is C=CCN1C(=O)C(=Cc2cn(-c3ccccc3)nc2-c2ccc(OC(C)C)cc2)SC1=S. The Morgan fingerprint density at radius 1 is 1.16 bits per heavy atom. The number of ether oxygens (including phenoxy) is 1. The summed E-state index contributed by atoms with van der Waals surface area (Å²) in [6.45, 7) is 8.10. The van der Waals surface area contributed by atoms with Crippen molar-refractivity contribution in [3.63, 3.8) is 0 Å². The quantitative estimate of drug-likeness (QED) is 0.256. The van der Waals surface area contributed by atoms with Crippen LogP contribution in [0.3, 0.4) is 0 Å². The van der Waals surface area contributed by atoms with Crippen molar-refractivity contribution in [3.8, 4) is 22.7 Å². The fourth-order valence-electron chi connectivity index (χ4n) is 3.32. The van der Waals surface area contributed by atoms with Gasteiger partial charge in [-0.25, -0.2) is 4.68 Å². The maximum Gasteiger partial charge on any atom is 0.266 e. The highest BCUT2D eigenvalue weighted by molar-refractivity contribution is 8.26. The van der Waals surface area contributed by atoms with Crippen molar-refractivity contribution in [1.29, 1.82) is 0 Å². The van der Waals surface area contributed by atoms with Gasteiger partial charge in [-0.3, -0.25) is 9.69 Å². The van der Waals surface area contributed by atoms with E-state index in [1.807, 2.05) is 85.4 Å². The molecular weight excluding hydrogens is 438 g/mol. The molecule has 1 amide bonds. The lowest BCUT2D eigenvalue weighted by molar-refractivity contribution is -0.121. The summed E-state index contributed by atoms with van der Waals surface area (Å²) >= 11 is 6.68. The Balaban J connectivity index is 1.76. The standard InChI is InChI=1S/C25H23N3O2S2/c1-4-14-27-24(29)22(32-25(27)31)15-19-16-28(20-8-6-5-7-9-20)26-23(19)18-10-12-21(13-11-18)30-17(2)3/h4-13,15-17H,1,14H2,2-3H3. The number of aromatic nitrogens is 2. The summed E-state index contributed by atoms with van der Waals surface area (Å²) in [7, 11) is 0. The summed E-state index contributed by atoms with van der Waals surface area (Å²) in [6.07, 6.45) is 5.57. The largest absolute Gasteiger partial charge is 0.491 e. The molecule has 0 radical (unpaired) electrons. The fourth-order valence-corrected chi connectivity index (χ4v) is 4.59. The van der Waals surface area contributed by atoms with Crippen molar-refractivity contribution in [2.45, 2.75) is 20.0 Å². The van der Waals surface area contributed by atoms with Crippen LogP contribution in [0.5, 0.6) is 5.75 Å². The van der Waals surface area contributed by atoms with E-state index in [0.717, 1.165) is 28.3 Å². The van der Waals surface area contributed by atoms with Gasteiger partial charge >= 0.3 is 0 Å². The third-order valence-electron chi connectivity index (χ3n) is 4.73. The van der Waals surface area contributed by atoms with E-state index < -0.39 is 0 Å². The first-order chi connectivity index (χ1) is 15.5. The number of carbonyl (C=O) groups is 1. The van der Waals surface area contributed by atoms with Gasteiger partial charge in [-0.05, 0) is 56.3 Å². The molecule has 4 rings (SSSR count). The van der Waals surface area contributed by atoms with Crippen molar-refractivity contribution >= 4 is 40.3 Å². The normalized spacial score (nSPS) is 15.1. The lowest BCUT2D eigenvalue weighted by Gasteiger charge is -2.10. The van der Waals surface area contributed by atoms with Gasteiger partial charge in [0.05, 0.1) is 22.4 Å². The second-order valence-corrected chi connectivity index (χ2v) is 9.16. The zero-order chi connectivity index (χ0) is 22.7. The molecule has 0 spiro atoms. The summed E-state index contributed by atoms with van der Waals surface area (Å²) in [5.41, 5.74) is 3.49. The van der Waals surface area contributed by atoms with Gasteiger partial charge in [-0.15, -0.1) is 6.58 Å². The molecule has 5 nitrogen and oxygen atoms in total. The molecule has 1 aromatic heterocycles. The second-order valence-electron chi connectivity index (χ2n) is 7.49. The molecule has 0 aliphatic carbocycles. The molecule has 1 saturated heterocycles. The van der Waals surface area contributed by atoms with E-state index in [4.69, 9.17) is 22.1 Å². The molecule has 162 valence electrons. The Labute approximate surface area is 197 Å². The number of carbonyl (C=O) groups excluding carboxylic acids is 1. The third-order valence-corrected chi connectivity index (χ3v) is 6.11. The average Bonchev–Trinajstić information content (AvgIpc) is 3.31. The van der Waals surface area contributed by atoms with Gasteiger partial charge in [0, 0.05) is 23.9 Å². The summed E-state index contributed by atoms with van der Waals surface area (Å²) in [5, 5.41) is 4.83. The summed E-state index contributed by atoms with van der Waals surface area (Å²) in [5.74, 6) is 0.692. The minimum absolute atomic E-state index is 0.103. The average molecular weight is 462 g/mol. The van der Waals surface area contributed by atoms with Gasteiger partial charge in [0.25, 0.3) is 5.91 Å². The predicted molar refractivity (Wildman–Crippen MR) is 135 cm³/mol. The molecule has 2 aromatic carbocycles. The molecule has 0 saturated carbocycles. The molecule has 0 N–H and O–H groups in total. The minimum Gasteiger partial charge on any atom is -0.491 e. The summed E-state index contributed by atoms with van der Waals surface area (Å²) in [6, 6.07) is 17.7. The Bertz CT molecular complexity index is 1180. The maximum atomic E-state index is 12.8. The van der Waals surface area contributed by atoms with Crippen molar-refractivity contribution in [2.24, 2.45) is 0 Å². The smallest absolute Gasteiger partial charge is 0.266 e.